The molecule has 4 rings (SSSR count). The predicted octanol–water partition coefficient (Wildman–Crippen LogP) is 5.42. The summed E-state index contributed by atoms with van der Waals surface area (Å²) in [6.45, 7) is 7.54. The molecule has 3 aromatic rings. The Labute approximate surface area is 220 Å². The molecular weight excluding hydrogens is 488 g/mol. The van der Waals surface area contributed by atoms with Crippen molar-refractivity contribution < 1.29 is 38.1 Å². The molecule has 0 N–H and O–H groups in total. The predicted molar refractivity (Wildman–Crippen MR) is 139 cm³/mol. The minimum atomic E-state index is -0.570. The lowest BCUT2D eigenvalue weighted by atomic mass is 10.1. The Kier molecular flexibility index (Phi) is 9.16. The van der Waals surface area contributed by atoms with E-state index in [1.54, 1.807) is 54.6 Å². The van der Waals surface area contributed by atoms with Gasteiger partial charge in [0.2, 0.25) is 0 Å². The molecule has 0 radical (unpaired) electrons. The summed E-state index contributed by atoms with van der Waals surface area (Å²) in [6, 6.07) is 17.9. The highest BCUT2D eigenvalue weighted by Crippen LogP contribution is 2.45. The number of carbonyl (C=O) groups is 3. The highest BCUT2D eigenvalue weighted by molar-refractivity contribution is 5.92. The molecule has 38 heavy (non-hydrogen) atoms. The van der Waals surface area contributed by atoms with Gasteiger partial charge >= 0.3 is 5.97 Å². The number of hydrogen-bond donors (Lipinski definition) is 0. The Morgan fingerprint density at radius 1 is 0.868 bits per heavy atom. The maximum Gasteiger partial charge on any atom is 0.343 e. The van der Waals surface area contributed by atoms with Crippen LogP contribution in [0.25, 0.3) is 5.76 Å². The van der Waals surface area contributed by atoms with Crippen LogP contribution in [-0.4, -0.2) is 44.7 Å². The van der Waals surface area contributed by atoms with Crippen LogP contribution >= 0.6 is 0 Å². The molecule has 2 atom stereocenters. The van der Waals surface area contributed by atoms with Crippen molar-refractivity contribution >= 4 is 24.3 Å². The fourth-order valence-corrected chi connectivity index (χ4v) is 3.62. The molecule has 1 saturated heterocycles. The molecule has 196 valence electrons. The van der Waals surface area contributed by atoms with E-state index in [0.717, 1.165) is 12.7 Å². The third-order valence-corrected chi connectivity index (χ3v) is 5.69. The number of epoxide rings is 1. The van der Waals surface area contributed by atoms with E-state index in [1.807, 2.05) is 6.92 Å². The van der Waals surface area contributed by atoms with Crippen LogP contribution in [0.4, 0.5) is 0 Å². The second-order valence-electron chi connectivity index (χ2n) is 8.50. The van der Waals surface area contributed by atoms with Crippen LogP contribution in [0, 0.1) is 0 Å². The Bertz CT molecular complexity index is 1280. The van der Waals surface area contributed by atoms with Gasteiger partial charge < -0.3 is 23.7 Å². The molecule has 8 nitrogen and oxygen atoms in total. The van der Waals surface area contributed by atoms with E-state index in [-0.39, 0.29) is 0 Å². The largest absolute Gasteiger partial charge is 0.457 e. The van der Waals surface area contributed by atoms with Gasteiger partial charge in [0.05, 0.1) is 18.8 Å². The Hall–Kier alpha value is -4.11. The molecule has 3 aromatic carbocycles. The number of ether oxygens (including phenoxy) is 5. The molecule has 1 fully saturated rings. The summed E-state index contributed by atoms with van der Waals surface area (Å²) in [7, 11) is 0. The van der Waals surface area contributed by atoms with Crippen LogP contribution in [0.15, 0.2) is 73.3 Å². The number of hydrogen-bond acceptors (Lipinski definition) is 8. The SMILES string of the molecule is C=C(Oc1ccc(OC(=O)c2ccc(C=O)cc2)cc1C1OC1OCCOCCC)c1ccc(C=O)cc1. The maximum atomic E-state index is 12.7. The van der Waals surface area contributed by atoms with Gasteiger partial charge in [-0.1, -0.05) is 49.9 Å². The summed E-state index contributed by atoms with van der Waals surface area (Å²) in [5.74, 6) is 0.551. The molecule has 0 bridgehead atoms. The first-order chi connectivity index (χ1) is 18.5. The third-order valence-electron chi connectivity index (χ3n) is 5.69. The van der Waals surface area contributed by atoms with E-state index in [4.69, 9.17) is 23.7 Å². The molecule has 0 aromatic heterocycles. The normalized spacial score (nSPS) is 15.9. The van der Waals surface area contributed by atoms with Gasteiger partial charge in [-0.2, -0.15) is 0 Å². The van der Waals surface area contributed by atoms with Gasteiger partial charge in [-0.15, -0.1) is 0 Å². The maximum absolute atomic E-state index is 12.7. The summed E-state index contributed by atoms with van der Waals surface area (Å²) >= 11 is 0. The van der Waals surface area contributed by atoms with Crippen molar-refractivity contribution in [1.29, 1.82) is 0 Å². The standard InChI is InChI=1S/C30H28O8/c1-3-14-34-15-16-35-30-28(38-30)26-17-25(37-29(33)24-10-6-22(19-32)7-11-24)12-13-27(26)36-20(2)23-8-4-21(18-31)5-9-23/h4-13,17-19,28,30H,2-3,14-16H2,1H3. The Morgan fingerprint density at radius 3 is 2.16 bits per heavy atom. The topological polar surface area (TPSA) is 101 Å². The van der Waals surface area contributed by atoms with Crippen LogP contribution in [-0.2, 0) is 14.2 Å². The molecule has 1 aliphatic rings. The molecule has 0 saturated carbocycles. The average molecular weight is 517 g/mol. The fourth-order valence-electron chi connectivity index (χ4n) is 3.62. The Morgan fingerprint density at radius 2 is 1.53 bits per heavy atom. The zero-order valence-corrected chi connectivity index (χ0v) is 21.0. The quantitative estimate of drug-likeness (QED) is 0.0699. The first-order valence-electron chi connectivity index (χ1n) is 12.2. The van der Waals surface area contributed by atoms with Gasteiger partial charge in [0, 0.05) is 28.9 Å². The van der Waals surface area contributed by atoms with Crippen LogP contribution in [0.1, 0.15) is 61.6 Å². The van der Waals surface area contributed by atoms with Gasteiger partial charge in [0.1, 0.15) is 35.9 Å². The van der Waals surface area contributed by atoms with Gasteiger partial charge in [-0.05, 0) is 36.8 Å². The monoisotopic (exact) mass is 516 g/mol. The van der Waals surface area contributed by atoms with Crippen molar-refractivity contribution in [3.05, 3.63) is 101 Å². The summed E-state index contributed by atoms with van der Waals surface area (Å²) in [5.41, 5.74) is 2.64. The van der Waals surface area contributed by atoms with Gasteiger partial charge in [0.15, 0.2) is 6.29 Å². The minimum Gasteiger partial charge on any atom is -0.457 e. The van der Waals surface area contributed by atoms with E-state index in [9.17, 15) is 14.4 Å². The minimum absolute atomic E-state index is 0.290. The fraction of sp³-hybridized carbons (Fsp3) is 0.233. The molecule has 1 aliphatic heterocycles. The number of carbonyl (C=O) groups excluding carboxylic acids is 3. The van der Waals surface area contributed by atoms with E-state index >= 15 is 0 Å². The van der Waals surface area contributed by atoms with E-state index < -0.39 is 18.4 Å². The number of aldehydes is 2. The van der Waals surface area contributed by atoms with Crippen LogP contribution in [0.3, 0.4) is 0 Å². The van der Waals surface area contributed by atoms with Crippen molar-refractivity contribution in [3.63, 3.8) is 0 Å². The average Bonchev–Trinajstić information content (AvgIpc) is 3.73. The molecule has 0 amide bonds. The van der Waals surface area contributed by atoms with Crippen molar-refractivity contribution in [1.82, 2.24) is 0 Å². The molecular formula is C30H28O8. The van der Waals surface area contributed by atoms with Crippen LogP contribution in [0.5, 0.6) is 11.5 Å². The van der Waals surface area contributed by atoms with E-state index in [1.165, 1.54) is 12.1 Å². The van der Waals surface area contributed by atoms with Crippen molar-refractivity contribution in [2.45, 2.75) is 25.7 Å². The summed E-state index contributed by atoms with van der Waals surface area (Å²) in [5, 5.41) is 0. The number of esters is 1. The lowest BCUT2D eigenvalue weighted by molar-refractivity contribution is 0.00493. The Balaban J connectivity index is 1.50. The highest BCUT2D eigenvalue weighted by atomic mass is 16.8. The molecule has 1 heterocycles. The second kappa shape index (κ2) is 12.9. The number of rotatable bonds is 14. The van der Waals surface area contributed by atoms with Crippen molar-refractivity contribution in [3.8, 4) is 11.5 Å². The summed E-state index contributed by atoms with van der Waals surface area (Å²) in [6.07, 6.45) is 1.46. The summed E-state index contributed by atoms with van der Waals surface area (Å²) < 4.78 is 28.6. The van der Waals surface area contributed by atoms with E-state index in [0.29, 0.717) is 71.2 Å². The highest BCUT2D eigenvalue weighted by Gasteiger charge is 2.43. The first kappa shape index (κ1) is 26.9. The van der Waals surface area contributed by atoms with Gasteiger partial charge in [-0.3, -0.25) is 9.59 Å². The van der Waals surface area contributed by atoms with Crippen LogP contribution in [0.2, 0.25) is 0 Å². The zero-order chi connectivity index (χ0) is 26.9. The third kappa shape index (κ3) is 7.01. The molecule has 0 aliphatic carbocycles. The first-order valence-corrected chi connectivity index (χ1v) is 12.2. The van der Waals surface area contributed by atoms with Gasteiger partial charge in [-0.25, -0.2) is 4.79 Å². The second-order valence-corrected chi connectivity index (χ2v) is 8.50. The lowest BCUT2D eigenvalue weighted by Gasteiger charge is -2.14. The smallest absolute Gasteiger partial charge is 0.343 e. The van der Waals surface area contributed by atoms with Gasteiger partial charge in [0.25, 0.3) is 0 Å². The molecule has 8 heteroatoms. The lowest BCUT2D eigenvalue weighted by Crippen LogP contribution is -2.09. The zero-order valence-electron chi connectivity index (χ0n) is 21.0. The van der Waals surface area contributed by atoms with E-state index in [2.05, 4.69) is 6.58 Å². The molecule has 0 spiro atoms. The van der Waals surface area contributed by atoms with Crippen molar-refractivity contribution in [2.75, 3.05) is 19.8 Å². The van der Waals surface area contributed by atoms with Crippen molar-refractivity contribution in [2.24, 2.45) is 0 Å². The van der Waals surface area contributed by atoms with Crippen LogP contribution < -0.4 is 9.47 Å². The summed E-state index contributed by atoms with van der Waals surface area (Å²) in [4.78, 5) is 34.5. The number of benzene rings is 3. The molecule has 2 unspecified atom stereocenters.